The van der Waals surface area contributed by atoms with E-state index in [1.54, 1.807) is 0 Å². The molecule has 0 saturated carbocycles. The van der Waals surface area contributed by atoms with Crippen molar-refractivity contribution in [2.24, 2.45) is 0 Å². The van der Waals surface area contributed by atoms with Crippen LogP contribution in [-0.2, 0) is 17.7 Å². The van der Waals surface area contributed by atoms with Gasteiger partial charge in [-0.05, 0) is 11.1 Å². The van der Waals surface area contributed by atoms with Crippen LogP contribution in [0.2, 0.25) is 0 Å². The summed E-state index contributed by atoms with van der Waals surface area (Å²) in [5.41, 5.74) is 2.24. The van der Waals surface area contributed by atoms with Crippen LogP contribution in [0, 0.1) is 0 Å². The minimum atomic E-state index is -2.41. The van der Waals surface area contributed by atoms with Crippen LogP contribution in [0.4, 0.5) is 0 Å². The Morgan fingerprint density at radius 2 is 1.26 bits per heavy atom. The summed E-state index contributed by atoms with van der Waals surface area (Å²) in [4.78, 5) is 12.9. The number of rotatable bonds is 6. The lowest BCUT2D eigenvalue weighted by Gasteiger charge is -2.18. The molecule has 0 N–H and O–H groups in total. The molecule has 19 heavy (non-hydrogen) atoms. The zero-order chi connectivity index (χ0) is 13.5. The molecular formula is C15H16NO2P. The smallest absolute Gasteiger partial charge is 0.324 e. The molecule has 3 nitrogen and oxygen atoms in total. The molecule has 0 aromatic heterocycles. The molecule has 0 aliphatic carbocycles. The molecule has 0 aliphatic rings. The molecule has 0 bridgehead atoms. The molecule has 0 amide bonds. The first-order valence-corrected chi connectivity index (χ1v) is 7.52. The average molecular weight is 273 g/mol. The van der Waals surface area contributed by atoms with E-state index in [0.717, 1.165) is 11.1 Å². The van der Waals surface area contributed by atoms with Crippen molar-refractivity contribution in [1.82, 2.24) is 4.90 Å². The number of nitrogens with zero attached hydrogens (tertiary/aromatic N) is 1. The fourth-order valence-corrected chi connectivity index (χ4v) is 2.53. The van der Waals surface area contributed by atoms with Crippen molar-refractivity contribution < 1.29 is 9.46 Å². The molecular weight excluding hydrogens is 257 g/mol. The first-order valence-electron chi connectivity index (χ1n) is 6.16. The van der Waals surface area contributed by atoms with Gasteiger partial charge in [0, 0.05) is 13.1 Å². The summed E-state index contributed by atoms with van der Waals surface area (Å²) in [5.74, 6) is 0. The quantitative estimate of drug-likeness (QED) is 0.760. The Kier molecular flexibility index (Phi) is 5.22. The molecule has 98 valence electrons. The number of hydrogen-bond acceptors (Lipinski definition) is 3. The molecule has 4 heteroatoms. The van der Waals surface area contributed by atoms with E-state index in [9.17, 15) is 9.46 Å². The van der Waals surface area contributed by atoms with Crippen LogP contribution in [0.3, 0.4) is 0 Å². The summed E-state index contributed by atoms with van der Waals surface area (Å²) in [7, 11) is -2.41. The molecule has 0 spiro atoms. The van der Waals surface area contributed by atoms with Gasteiger partial charge in [-0.3, -0.25) is 4.90 Å². The first kappa shape index (κ1) is 13.9. The molecule has 1 atom stereocenters. The van der Waals surface area contributed by atoms with Gasteiger partial charge in [-0.2, -0.15) is 0 Å². The highest BCUT2D eigenvalue weighted by Crippen LogP contribution is 2.16. The maximum atomic E-state index is 11.0. The monoisotopic (exact) mass is 273 g/mol. The topological polar surface area (TPSA) is 43.4 Å². The van der Waals surface area contributed by atoms with Crippen molar-refractivity contribution in [2.45, 2.75) is 13.1 Å². The Bertz CT molecular complexity index is 475. The van der Waals surface area contributed by atoms with Gasteiger partial charge in [0.05, 0.1) is 0 Å². The van der Waals surface area contributed by atoms with E-state index < -0.39 is 8.03 Å². The van der Waals surface area contributed by atoms with Crippen LogP contribution in [-0.4, -0.2) is 11.2 Å². The van der Waals surface area contributed by atoms with Crippen molar-refractivity contribution in [3.63, 3.8) is 0 Å². The summed E-state index contributed by atoms with van der Waals surface area (Å²) in [6, 6.07) is 19.8. The van der Waals surface area contributed by atoms with Gasteiger partial charge in [0.1, 0.15) is 0 Å². The van der Waals surface area contributed by atoms with E-state index in [0.29, 0.717) is 13.1 Å². The lowest BCUT2D eigenvalue weighted by atomic mass is 10.2. The highest BCUT2D eigenvalue weighted by Gasteiger charge is 2.13. The van der Waals surface area contributed by atoms with Gasteiger partial charge in [0.2, 0.25) is 0 Å². The molecule has 0 aliphatic heterocycles. The molecule has 0 radical (unpaired) electrons. The normalized spacial score (nSPS) is 11.6. The van der Waals surface area contributed by atoms with Crippen LogP contribution < -0.4 is 4.89 Å². The van der Waals surface area contributed by atoms with Crippen molar-refractivity contribution in [3.05, 3.63) is 71.8 Å². The third kappa shape index (κ3) is 4.92. The highest BCUT2D eigenvalue weighted by molar-refractivity contribution is 7.36. The molecule has 2 aromatic rings. The lowest BCUT2D eigenvalue weighted by Crippen LogP contribution is -2.23. The third-order valence-corrected chi connectivity index (χ3v) is 3.44. The molecule has 0 heterocycles. The van der Waals surface area contributed by atoms with E-state index in [2.05, 4.69) is 0 Å². The predicted octanol–water partition coefficient (Wildman–Crippen LogP) is 2.75. The van der Waals surface area contributed by atoms with Crippen LogP contribution in [0.15, 0.2) is 60.7 Å². The van der Waals surface area contributed by atoms with Crippen molar-refractivity contribution in [3.8, 4) is 0 Å². The Hall–Kier alpha value is -1.54. The number of hydrogen-bond donors (Lipinski definition) is 0. The van der Waals surface area contributed by atoms with Gasteiger partial charge in [-0.1, -0.05) is 65.2 Å². The molecule has 0 saturated heterocycles. The van der Waals surface area contributed by atoms with E-state index >= 15 is 0 Å². The summed E-state index contributed by atoms with van der Waals surface area (Å²) in [6.45, 7) is 1.28. The van der Waals surface area contributed by atoms with Crippen LogP contribution in [0.5, 0.6) is 0 Å². The summed E-state index contributed by atoms with van der Waals surface area (Å²) >= 11 is 0. The maximum absolute atomic E-state index is 11.0. The summed E-state index contributed by atoms with van der Waals surface area (Å²) < 4.78 is 11.0. The SMILES string of the molecule is O=[P+]([O-])CN(Cc1ccccc1)Cc1ccccc1. The minimum Gasteiger partial charge on any atom is -0.594 e. The van der Waals surface area contributed by atoms with Crippen LogP contribution in [0.25, 0.3) is 0 Å². The first-order chi connectivity index (χ1) is 9.24. The van der Waals surface area contributed by atoms with Gasteiger partial charge >= 0.3 is 8.03 Å². The second-order valence-electron chi connectivity index (χ2n) is 4.43. The zero-order valence-electron chi connectivity index (χ0n) is 10.6. The summed E-state index contributed by atoms with van der Waals surface area (Å²) in [5, 5.41) is 0. The molecule has 1 unspecified atom stereocenters. The third-order valence-electron chi connectivity index (χ3n) is 2.81. The fourth-order valence-electron chi connectivity index (χ4n) is 2.00. The van der Waals surface area contributed by atoms with Crippen molar-refractivity contribution in [1.29, 1.82) is 0 Å². The van der Waals surface area contributed by atoms with E-state index in [1.165, 1.54) is 0 Å². The van der Waals surface area contributed by atoms with E-state index in [1.807, 2.05) is 65.6 Å². The fraction of sp³-hybridized carbons (Fsp3) is 0.200. The highest BCUT2D eigenvalue weighted by atomic mass is 31.1. The number of benzene rings is 2. The second-order valence-corrected chi connectivity index (χ2v) is 5.38. The van der Waals surface area contributed by atoms with Gasteiger partial charge in [-0.25, -0.2) is 0 Å². The molecule has 2 aromatic carbocycles. The predicted molar refractivity (Wildman–Crippen MR) is 74.6 cm³/mol. The van der Waals surface area contributed by atoms with Crippen LogP contribution in [0.1, 0.15) is 11.1 Å². The molecule has 2 rings (SSSR count). The average Bonchev–Trinajstić information content (AvgIpc) is 2.40. The van der Waals surface area contributed by atoms with E-state index in [-0.39, 0.29) is 6.29 Å². The van der Waals surface area contributed by atoms with Crippen LogP contribution >= 0.6 is 8.03 Å². The van der Waals surface area contributed by atoms with Gasteiger partial charge in [-0.15, -0.1) is 0 Å². The molecule has 0 fully saturated rings. The van der Waals surface area contributed by atoms with Crippen molar-refractivity contribution in [2.75, 3.05) is 6.29 Å². The minimum absolute atomic E-state index is 0.0825. The Balaban J connectivity index is 2.06. The lowest BCUT2D eigenvalue weighted by molar-refractivity contribution is -0.166. The largest absolute Gasteiger partial charge is 0.594 e. The second kappa shape index (κ2) is 7.15. The summed E-state index contributed by atoms with van der Waals surface area (Å²) in [6.07, 6.45) is 0.0825. The van der Waals surface area contributed by atoms with Gasteiger partial charge < -0.3 is 4.89 Å². The Labute approximate surface area is 114 Å². The van der Waals surface area contributed by atoms with Crippen molar-refractivity contribution >= 4 is 8.03 Å². The van der Waals surface area contributed by atoms with Gasteiger partial charge in [0.15, 0.2) is 6.29 Å². The Morgan fingerprint density at radius 3 is 1.63 bits per heavy atom. The maximum Gasteiger partial charge on any atom is 0.324 e. The Morgan fingerprint density at radius 1 is 0.842 bits per heavy atom. The standard InChI is InChI=1S/C15H16NO2P/c17-19(18)13-16(11-14-7-3-1-4-8-14)12-15-9-5-2-6-10-15/h1-10H,11-13H2. The zero-order valence-corrected chi connectivity index (χ0v) is 11.5. The van der Waals surface area contributed by atoms with E-state index in [4.69, 9.17) is 0 Å². The van der Waals surface area contributed by atoms with Gasteiger partial charge in [0.25, 0.3) is 0 Å².